The second kappa shape index (κ2) is 7.11. The summed E-state index contributed by atoms with van der Waals surface area (Å²) in [7, 11) is -3.47. The minimum Gasteiger partial charge on any atom is -0.322 e. The topological polar surface area (TPSA) is 60.9 Å². The van der Waals surface area contributed by atoms with Crippen molar-refractivity contribution in [3.63, 3.8) is 0 Å². The lowest BCUT2D eigenvalue weighted by Gasteiger charge is -2.40. The molecule has 0 aliphatic carbocycles. The molecule has 1 aromatic carbocycles. The van der Waals surface area contributed by atoms with Crippen LogP contribution in [0.25, 0.3) is 0 Å². The maximum absolute atomic E-state index is 12.7. The average Bonchev–Trinajstić information content (AvgIpc) is 2.62. The summed E-state index contributed by atoms with van der Waals surface area (Å²) < 4.78 is 26.7. The number of piperidine rings is 1. The van der Waals surface area contributed by atoms with Gasteiger partial charge in [-0.3, -0.25) is 0 Å². The molecule has 2 fully saturated rings. The van der Waals surface area contributed by atoms with E-state index in [1.54, 1.807) is 35.2 Å². The highest BCUT2D eigenvalue weighted by atomic mass is 32.2. The van der Waals surface area contributed by atoms with E-state index < -0.39 is 10.0 Å². The number of nitrogens with zero attached hydrogens (tertiary/aromatic N) is 3. The van der Waals surface area contributed by atoms with E-state index in [4.69, 9.17) is 0 Å². The summed E-state index contributed by atoms with van der Waals surface area (Å²) in [5.41, 5.74) is 0. The van der Waals surface area contributed by atoms with Gasteiger partial charge in [0.15, 0.2) is 0 Å². The number of sulfonamides is 1. The second-order valence-corrected chi connectivity index (χ2v) is 8.46. The van der Waals surface area contributed by atoms with Crippen molar-refractivity contribution in [3.05, 3.63) is 30.3 Å². The van der Waals surface area contributed by atoms with Crippen molar-refractivity contribution < 1.29 is 13.2 Å². The Bertz CT molecular complexity index is 670. The fourth-order valence-electron chi connectivity index (χ4n) is 3.43. The van der Waals surface area contributed by atoms with Crippen LogP contribution in [0.3, 0.4) is 0 Å². The van der Waals surface area contributed by atoms with Crippen molar-refractivity contribution in [2.24, 2.45) is 0 Å². The van der Waals surface area contributed by atoms with Gasteiger partial charge in [0.2, 0.25) is 10.0 Å². The van der Waals surface area contributed by atoms with Crippen LogP contribution >= 0.6 is 0 Å². The van der Waals surface area contributed by atoms with Crippen LogP contribution in [-0.4, -0.2) is 67.3 Å². The highest BCUT2D eigenvalue weighted by Gasteiger charge is 2.33. The standard InChI is InChI=1S/C17H25N3O3S/c1-15-7-5-6-10-20(15)17(21)18-11-13-19(14-12-18)24(22,23)16-8-3-2-4-9-16/h2-4,8-9,15H,5-7,10-14H2,1H3. The molecule has 1 unspecified atom stereocenters. The van der Waals surface area contributed by atoms with Crippen molar-refractivity contribution in [2.45, 2.75) is 37.1 Å². The number of rotatable bonds is 2. The quantitative estimate of drug-likeness (QED) is 0.819. The summed E-state index contributed by atoms with van der Waals surface area (Å²) in [5.74, 6) is 0. The maximum atomic E-state index is 12.7. The molecule has 2 heterocycles. The van der Waals surface area contributed by atoms with Gasteiger partial charge in [-0.05, 0) is 38.3 Å². The van der Waals surface area contributed by atoms with Crippen LogP contribution in [0.1, 0.15) is 26.2 Å². The van der Waals surface area contributed by atoms with Gasteiger partial charge in [-0.15, -0.1) is 0 Å². The van der Waals surface area contributed by atoms with Gasteiger partial charge in [-0.2, -0.15) is 4.31 Å². The molecule has 0 N–H and O–H groups in total. The van der Waals surface area contributed by atoms with Gasteiger partial charge in [0.25, 0.3) is 0 Å². The number of piperazine rings is 1. The smallest absolute Gasteiger partial charge is 0.320 e. The van der Waals surface area contributed by atoms with Crippen molar-refractivity contribution in [2.75, 3.05) is 32.7 Å². The third-order valence-corrected chi connectivity index (χ3v) is 6.85. The maximum Gasteiger partial charge on any atom is 0.320 e. The van der Waals surface area contributed by atoms with Crippen LogP contribution in [0.15, 0.2) is 35.2 Å². The molecule has 1 aromatic rings. The Kier molecular flexibility index (Phi) is 5.10. The Morgan fingerprint density at radius 3 is 2.29 bits per heavy atom. The van der Waals surface area contributed by atoms with Crippen LogP contribution < -0.4 is 0 Å². The monoisotopic (exact) mass is 351 g/mol. The summed E-state index contributed by atoms with van der Waals surface area (Å²) >= 11 is 0. The van der Waals surface area contributed by atoms with E-state index in [2.05, 4.69) is 6.92 Å². The number of benzene rings is 1. The van der Waals surface area contributed by atoms with Crippen LogP contribution in [-0.2, 0) is 10.0 Å². The van der Waals surface area contributed by atoms with Crippen LogP contribution in [0.2, 0.25) is 0 Å². The first-order valence-electron chi connectivity index (χ1n) is 8.61. The van der Waals surface area contributed by atoms with Gasteiger partial charge >= 0.3 is 6.03 Å². The molecule has 0 saturated carbocycles. The Labute approximate surface area is 144 Å². The first-order chi connectivity index (χ1) is 11.5. The van der Waals surface area contributed by atoms with Crippen LogP contribution in [0.5, 0.6) is 0 Å². The number of hydrogen-bond donors (Lipinski definition) is 0. The number of hydrogen-bond acceptors (Lipinski definition) is 3. The lowest BCUT2D eigenvalue weighted by atomic mass is 10.0. The largest absolute Gasteiger partial charge is 0.322 e. The lowest BCUT2D eigenvalue weighted by Crippen LogP contribution is -2.56. The molecule has 2 amide bonds. The minimum absolute atomic E-state index is 0.0546. The molecular formula is C17H25N3O3S. The van der Waals surface area contributed by atoms with E-state index in [1.165, 1.54) is 10.7 Å². The minimum atomic E-state index is -3.47. The Morgan fingerprint density at radius 2 is 1.67 bits per heavy atom. The van der Waals surface area contributed by atoms with E-state index in [0.29, 0.717) is 31.1 Å². The van der Waals surface area contributed by atoms with E-state index in [9.17, 15) is 13.2 Å². The molecule has 7 heteroatoms. The van der Waals surface area contributed by atoms with Crippen LogP contribution in [0.4, 0.5) is 4.79 Å². The SMILES string of the molecule is CC1CCCCN1C(=O)N1CCN(S(=O)(=O)c2ccccc2)CC1. The molecule has 132 valence electrons. The number of carbonyl (C=O) groups excluding carboxylic acids is 1. The highest BCUT2D eigenvalue weighted by Crippen LogP contribution is 2.21. The molecule has 0 radical (unpaired) electrons. The van der Waals surface area contributed by atoms with Crippen LogP contribution in [0, 0.1) is 0 Å². The van der Waals surface area contributed by atoms with Crippen molar-refractivity contribution in [1.29, 1.82) is 0 Å². The lowest BCUT2D eigenvalue weighted by molar-refractivity contribution is 0.107. The third kappa shape index (κ3) is 3.42. The summed E-state index contributed by atoms with van der Waals surface area (Å²) in [6, 6.07) is 8.81. The summed E-state index contributed by atoms with van der Waals surface area (Å²) in [4.78, 5) is 16.7. The zero-order chi connectivity index (χ0) is 17.2. The first-order valence-corrected chi connectivity index (χ1v) is 10.0. The summed E-state index contributed by atoms with van der Waals surface area (Å²) in [5, 5.41) is 0. The summed E-state index contributed by atoms with van der Waals surface area (Å²) in [6.45, 7) is 4.51. The fraction of sp³-hybridized carbons (Fsp3) is 0.588. The third-order valence-electron chi connectivity index (χ3n) is 4.94. The van der Waals surface area contributed by atoms with Gasteiger partial charge < -0.3 is 9.80 Å². The number of likely N-dealkylation sites (tertiary alicyclic amines) is 1. The molecule has 2 aliphatic heterocycles. The van der Waals surface area contributed by atoms with E-state index in [-0.39, 0.29) is 12.1 Å². The number of amides is 2. The second-order valence-electron chi connectivity index (χ2n) is 6.52. The van der Waals surface area contributed by atoms with Crippen molar-refractivity contribution in [1.82, 2.24) is 14.1 Å². The van der Waals surface area contributed by atoms with Gasteiger partial charge in [-0.1, -0.05) is 18.2 Å². The number of urea groups is 1. The van der Waals surface area contributed by atoms with Gasteiger partial charge in [0.1, 0.15) is 0 Å². The Balaban J connectivity index is 1.62. The zero-order valence-corrected chi connectivity index (χ0v) is 14.9. The number of carbonyl (C=O) groups is 1. The molecule has 2 saturated heterocycles. The normalized spacial score (nSPS) is 23.3. The predicted molar refractivity (Wildman–Crippen MR) is 92.2 cm³/mol. The van der Waals surface area contributed by atoms with Crippen molar-refractivity contribution in [3.8, 4) is 0 Å². The Morgan fingerprint density at radius 1 is 1.00 bits per heavy atom. The summed E-state index contributed by atoms with van der Waals surface area (Å²) in [6.07, 6.45) is 3.28. The highest BCUT2D eigenvalue weighted by molar-refractivity contribution is 7.89. The van der Waals surface area contributed by atoms with E-state index >= 15 is 0 Å². The van der Waals surface area contributed by atoms with Gasteiger partial charge in [0, 0.05) is 38.8 Å². The van der Waals surface area contributed by atoms with E-state index in [0.717, 1.165) is 19.4 Å². The molecule has 24 heavy (non-hydrogen) atoms. The molecule has 0 aromatic heterocycles. The molecule has 0 spiro atoms. The molecule has 0 bridgehead atoms. The van der Waals surface area contributed by atoms with Crippen molar-refractivity contribution >= 4 is 16.1 Å². The van der Waals surface area contributed by atoms with E-state index in [1.807, 2.05) is 4.90 Å². The predicted octanol–water partition coefficient (Wildman–Crippen LogP) is 1.99. The molecule has 6 nitrogen and oxygen atoms in total. The van der Waals surface area contributed by atoms with Gasteiger partial charge in [0.05, 0.1) is 4.90 Å². The molecule has 2 aliphatic rings. The Hall–Kier alpha value is -1.60. The first kappa shape index (κ1) is 17.2. The molecule has 1 atom stereocenters. The molecule has 3 rings (SSSR count). The molecular weight excluding hydrogens is 326 g/mol. The zero-order valence-electron chi connectivity index (χ0n) is 14.1. The average molecular weight is 351 g/mol. The van der Waals surface area contributed by atoms with Gasteiger partial charge in [-0.25, -0.2) is 13.2 Å². The fourth-order valence-corrected chi connectivity index (χ4v) is 4.87.